The van der Waals surface area contributed by atoms with Crippen LogP contribution in [0.1, 0.15) is 11.1 Å². The minimum Gasteiger partial charge on any atom is -0.454 e. The first-order chi connectivity index (χ1) is 9.63. The molecule has 4 nitrogen and oxygen atoms in total. The Hall–Kier alpha value is -1.65. The summed E-state index contributed by atoms with van der Waals surface area (Å²) in [5.74, 6) is 1.27. The smallest absolute Gasteiger partial charge is 0.231 e. The van der Waals surface area contributed by atoms with Gasteiger partial charge in [-0.15, -0.1) is 0 Å². The number of ether oxygens (including phenoxy) is 2. The van der Waals surface area contributed by atoms with Crippen molar-refractivity contribution >= 4 is 28.9 Å². The monoisotopic (exact) mass is 310 g/mol. The molecule has 6 heteroatoms. The number of aromatic nitrogens is 1. The van der Waals surface area contributed by atoms with Crippen molar-refractivity contribution < 1.29 is 9.47 Å². The Kier molecular flexibility index (Phi) is 3.59. The second-order valence-corrected chi connectivity index (χ2v) is 5.28. The molecule has 0 unspecified atom stereocenters. The highest BCUT2D eigenvalue weighted by Crippen LogP contribution is 2.39. The van der Waals surface area contributed by atoms with E-state index in [2.05, 4.69) is 10.3 Å². The number of hydrogen-bond acceptors (Lipinski definition) is 4. The maximum Gasteiger partial charge on any atom is 0.231 e. The van der Waals surface area contributed by atoms with Crippen LogP contribution in [-0.2, 0) is 6.54 Å². The largest absolute Gasteiger partial charge is 0.454 e. The Morgan fingerprint density at radius 3 is 2.95 bits per heavy atom. The van der Waals surface area contributed by atoms with Crippen LogP contribution in [0.4, 0.5) is 5.69 Å². The molecule has 1 aliphatic rings. The Labute approximate surface area is 126 Å². The Balaban J connectivity index is 1.79. The highest BCUT2D eigenvalue weighted by molar-refractivity contribution is 6.32. The van der Waals surface area contributed by atoms with E-state index in [0.717, 1.165) is 16.8 Å². The summed E-state index contributed by atoms with van der Waals surface area (Å²) >= 11 is 12.2. The zero-order chi connectivity index (χ0) is 14.1. The highest BCUT2D eigenvalue weighted by atomic mass is 35.5. The number of halogens is 2. The maximum atomic E-state index is 6.14. The van der Waals surface area contributed by atoms with Gasteiger partial charge in [0.15, 0.2) is 16.7 Å². The van der Waals surface area contributed by atoms with Gasteiger partial charge in [0.05, 0.1) is 10.7 Å². The van der Waals surface area contributed by atoms with E-state index in [0.29, 0.717) is 28.2 Å². The van der Waals surface area contributed by atoms with Crippen molar-refractivity contribution in [1.29, 1.82) is 0 Å². The van der Waals surface area contributed by atoms with Crippen LogP contribution < -0.4 is 14.8 Å². The number of rotatable bonds is 3. The van der Waals surface area contributed by atoms with Crippen LogP contribution in [0.2, 0.25) is 10.2 Å². The van der Waals surface area contributed by atoms with E-state index < -0.39 is 0 Å². The number of benzene rings is 1. The second kappa shape index (κ2) is 5.38. The molecule has 0 aliphatic carbocycles. The molecule has 0 radical (unpaired) electrons. The molecule has 0 atom stereocenters. The summed E-state index contributed by atoms with van der Waals surface area (Å²) in [5, 5.41) is 4.23. The molecule has 3 rings (SSSR count). The molecule has 1 aromatic heterocycles. The van der Waals surface area contributed by atoms with Crippen molar-refractivity contribution in [2.24, 2.45) is 0 Å². The highest BCUT2D eigenvalue weighted by Gasteiger charge is 2.18. The third kappa shape index (κ3) is 2.62. The van der Waals surface area contributed by atoms with Gasteiger partial charge in [0.25, 0.3) is 0 Å². The van der Waals surface area contributed by atoms with Crippen molar-refractivity contribution in [1.82, 2.24) is 4.98 Å². The lowest BCUT2D eigenvalue weighted by Gasteiger charge is -2.10. The van der Waals surface area contributed by atoms with E-state index in [1.807, 2.05) is 25.1 Å². The number of fused-ring (bicyclic) bond motifs is 1. The molecule has 1 aromatic carbocycles. The van der Waals surface area contributed by atoms with Crippen molar-refractivity contribution in [2.75, 3.05) is 12.1 Å². The summed E-state index contributed by atoms with van der Waals surface area (Å²) in [5.41, 5.74) is 2.82. The fraction of sp³-hybridized carbons (Fsp3) is 0.214. The van der Waals surface area contributed by atoms with Gasteiger partial charge in [-0.3, -0.25) is 0 Å². The number of nitrogens with zero attached hydrogens (tertiary/aromatic N) is 1. The molecule has 104 valence electrons. The normalized spacial score (nSPS) is 12.6. The predicted molar refractivity (Wildman–Crippen MR) is 78.9 cm³/mol. The van der Waals surface area contributed by atoms with Gasteiger partial charge in [0.2, 0.25) is 6.79 Å². The van der Waals surface area contributed by atoms with Gasteiger partial charge in [0, 0.05) is 12.7 Å². The van der Waals surface area contributed by atoms with E-state index in [4.69, 9.17) is 32.7 Å². The molecule has 1 N–H and O–H groups in total. The standard InChI is InChI=1S/C14H12Cl2N2O2/c1-8-2-11(14(16)18-5-8)17-6-9-3-10(15)13-12(4-9)19-7-20-13/h2-5,17H,6-7H2,1H3. The molecule has 0 saturated heterocycles. The Morgan fingerprint density at radius 2 is 2.10 bits per heavy atom. The van der Waals surface area contributed by atoms with E-state index >= 15 is 0 Å². The maximum absolute atomic E-state index is 6.14. The first kappa shape index (κ1) is 13.3. The van der Waals surface area contributed by atoms with Gasteiger partial charge in [-0.2, -0.15) is 0 Å². The van der Waals surface area contributed by atoms with Gasteiger partial charge in [-0.1, -0.05) is 23.2 Å². The summed E-state index contributed by atoms with van der Waals surface area (Å²) in [7, 11) is 0. The van der Waals surface area contributed by atoms with Gasteiger partial charge in [0.1, 0.15) is 0 Å². The number of nitrogens with one attached hydrogen (secondary N) is 1. The predicted octanol–water partition coefficient (Wildman–Crippen LogP) is 4.04. The molecule has 1 aliphatic heterocycles. The minimum absolute atomic E-state index is 0.208. The third-order valence-corrected chi connectivity index (χ3v) is 3.53. The Bertz CT molecular complexity index is 662. The average Bonchev–Trinajstić information content (AvgIpc) is 2.89. The summed E-state index contributed by atoms with van der Waals surface area (Å²) < 4.78 is 10.6. The second-order valence-electron chi connectivity index (χ2n) is 4.52. The Morgan fingerprint density at radius 1 is 1.25 bits per heavy atom. The first-order valence-electron chi connectivity index (χ1n) is 6.07. The molecule has 0 fully saturated rings. The van der Waals surface area contributed by atoms with Crippen molar-refractivity contribution in [3.63, 3.8) is 0 Å². The van der Waals surface area contributed by atoms with Crippen molar-refractivity contribution in [2.45, 2.75) is 13.5 Å². The summed E-state index contributed by atoms with van der Waals surface area (Å²) in [4.78, 5) is 4.10. The molecular weight excluding hydrogens is 299 g/mol. The molecule has 0 saturated carbocycles. The van der Waals surface area contributed by atoms with Gasteiger partial charge >= 0.3 is 0 Å². The number of aryl methyl sites for hydroxylation is 1. The fourth-order valence-electron chi connectivity index (χ4n) is 2.00. The molecular formula is C14H12Cl2N2O2. The van der Waals surface area contributed by atoms with E-state index in [1.165, 1.54) is 0 Å². The van der Waals surface area contributed by atoms with E-state index in [1.54, 1.807) is 6.20 Å². The lowest BCUT2D eigenvalue weighted by molar-refractivity contribution is 0.174. The number of anilines is 1. The molecule has 2 aromatic rings. The minimum atomic E-state index is 0.208. The molecule has 0 amide bonds. The molecule has 0 bridgehead atoms. The third-order valence-electron chi connectivity index (χ3n) is 2.95. The fourth-order valence-corrected chi connectivity index (χ4v) is 2.45. The van der Waals surface area contributed by atoms with Crippen molar-refractivity contribution in [3.05, 3.63) is 45.7 Å². The summed E-state index contributed by atoms with van der Waals surface area (Å²) in [6.07, 6.45) is 1.73. The van der Waals surface area contributed by atoms with Crippen molar-refractivity contribution in [3.8, 4) is 11.5 Å². The van der Waals surface area contributed by atoms with E-state index in [-0.39, 0.29) is 6.79 Å². The van der Waals surface area contributed by atoms with Crippen LogP contribution in [0.5, 0.6) is 11.5 Å². The molecule has 20 heavy (non-hydrogen) atoms. The van der Waals surface area contributed by atoms with Gasteiger partial charge in [-0.25, -0.2) is 4.98 Å². The topological polar surface area (TPSA) is 43.4 Å². The average molecular weight is 311 g/mol. The van der Waals surface area contributed by atoms with Crippen LogP contribution >= 0.6 is 23.2 Å². The van der Waals surface area contributed by atoms with Gasteiger partial charge in [-0.05, 0) is 36.2 Å². The number of hydrogen-bond donors (Lipinski definition) is 1. The molecule has 0 spiro atoms. The zero-order valence-corrected chi connectivity index (χ0v) is 12.3. The number of pyridine rings is 1. The van der Waals surface area contributed by atoms with Crippen LogP contribution in [0.3, 0.4) is 0 Å². The van der Waals surface area contributed by atoms with Crippen LogP contribution in [0.15, 0.2) is 24.4 Å². The summed E-state index contributed by atoms with van der Waals surface area (Å²) in [6, 6.07) is 5.70. The van der Waals surface area contributed by atoms with E-state index in [9.17, 15) is 0 Å². The SMILES string of the molecule is Cc1cnc(Cl)c(NCc2cc(Cl)c3c(c2)OCO3)c1. The summed E-state index contributed by atoms with van der Waals surface area (Å²) in [6.45, 7) is 2.74. The first-order valence-corrected chi connectivity index (χ1v) is 6.83. The van der Waals surface area contributed by atoms with Crippen LogP contribution in [0.25, 0.3) is 0 Å². The lowest BCUT2D eigenvalue weighted by atomic mass is 10.2. The van der Waals surface area contributed by atoms with Crippen LogP contribution in [-0.4, -0.2) is 11.8 Å². The van der Waals surface area contributed by atoms with Gasteiger partial charge < -0.3 is 14.8 Å². The zero-order valence-electron chi connectivity index (χ0n) is 10.7. The van der Waals surface area contributed by atoms with Crippen LogP contribution in [0, 0.1) is 6.92 Å². The lowest BCUT2D eigenvalue weighted by Crippen LogP contribution is -2.01. The molecule has 2 heterocycles. The quantitative estimate of drug-likeness (QED) is 0.869.